The van der Waals surface area contributed by atoms with Crippen LogP contribution in [0.4, 0.5) is 16.2 Å². The Morgan fingerprint density at radius 3 is 2.59 bits per heavy atom. The maximum absolute atomic E-state index is 11.1. The number of aryl methyl sites for hydroxylation is 1. The monoisotopic (exact) mass is 553 g/mol. The van der Waals surface area contributed by atoms with Gasteiger partial charge in [0.15, 0.2) is 0 Å². The molecule has 2 aliphatic rings. The van der Waals surface area contributed by atoms with Crippen molar-refractivity contribution in [3.05, 3.63) is 89.0 Å². The van der Waals surface area contributed by atoms with Crippen molar-refractivity contribution in [2.24, 2.45) is 0 Å². The Hall–Kier alpha value is -4.76. The minimum atomic E-state index is -1.10. The van der Waals surface area contributed by atoms with Crippen LogP contribution in [0.1, 0.15) is 22.3 Å². The Kier molecular flexibility index (Phi) is 7.35. The number of hydrogen-bond acceptors (Lipinski definition) is 7. The molecule has 9 heteroatoms. The van der Waals surface area contributed by atoms with Crippen molar-refractivity contribution in [3.8, 4) is 34.4 Å². The number of rotatable bonds is 7. The summed E-state index contributed by atoms with van der Waals surface area (Å²) in [4.78, 5) is 18.4. The molecule has 0 bridgehead atoms. The third-order valence-electron chi connectivity index (χ3n) is 7.20. The molecule has 9 nitrogen and oxygen atoms in total. The average Bonchev–Trinajstić information content (AvgIpc) is 2.99. The van der Waals surface area contributed by atoms with Crippen molar-refractivity contribution in [3.63, 3.8) is 0 Å². The minimum absolute atomic E-state index is 0.367. The van der Waals surface area contributed by atoms with E-state index in [2.05, 4.69) is 35.3 Å². The van der Waals surface area contributed by atoms with Crippen LogP contribution in [0.2, 0.25) is 0 Å². The number of anilines is 2. The maximum atomic E-state index is 11.1. The van der Waals surface area contributed by atoms with E-state index in [0.717, 1.165) is 63.8 Å². The van der Waals surface area contributed by atoms with Crippen molar-refractivity contribution in [1.29, 1.82) is 0 Å². The number of aromatic nitrogens is 1. The summed E-state index contributed by atoms with van der Waals surface area (Å²) in [6.07, 6.45) is -0.491. The molecule has 6 rings (SSSR count). The summed E-state index contributed by atoms with van der Waals surface area (Å²) in [7, 11) is 1.65. The first-order chi connectivity index (χ1) is 19.9. The molecule has 0 spiro atoms. The number of amides is 1. The third-order valence-corrected chi connectivity index (χ3v) is 7.20. The molecule has 0 unspecified atom stereocenters. The summed E-state index contributed by atoms with van der Waals surface area (Å²) in [5.41, 5.74) is 7.17. The van der Waals surface area contributed by atoms with Gasteiger partial charge in [0.1, 0.15) is 23.9 Å². The van der Waals surface area contributed by atoms with Crippen molar-refractivity contribution >= 4 is 17.5 Å². The number of benzene rings is 3. The number of fused-ring (bicyclic) bond motifs is 2. The zero-order valence-electron chi connectivity index (χ0n) is 23.0. The number of carboxylic acid groups (broad SMARTS) is 1. The Balaban J connectivity index is 1.36. The lowest BCUT2D eigenvalue weighted by molar-refractivity contribution is 0.122. The van der Waals surface area contributed by atoms with E-state index in [1.54, 1.807) is 19.2 Å². The zero-order chi connectivity index (χ0) is 28.3. The molecular formula is C32H31N3O6. The fourth-order valence-electron chi connectivity index (χ4n) is 5.21. The number of morpholine rings is 1. The van der Waals surface area contributed by atoms with E-state index in [-0.39, 0.29) is 0 Å². The van der Waals surface area contributed by atoms with Crippen LogP contribution >= 0.6 is 0 Å². The van der Waals surface area contributed by atoms with E-state index >= 15 is 0 Å². The molecule has 1 amide bonds. The molecule has 1 saturated heterocycles. The van der Waals surface area contributed by atoms with Crippen LogP contribution in [0.25, 0.3) is 11.3 Å². The number of ether oxygens (including phenoxy) is 4. The highest BCUT2D eigenvalue weighted by molar-refractivity contribution is 5.83. The summed E-state index contributed by atoms with van der Waals surface area (Å²) in [6, 6.07) is 21.4. The largest absolute Gasteiger partial charge is 0.497 e. The molecule has 1 fully saturated rings. The molecule has 3 heterocycles. The van der Waals surface area contributed by atoms with Crippen molar-refractivity contribution < 1.29 is 28.8 Å². The van der Waals surface area contributed by atoms with Gasteiger partial charge in [-0.1, -0.05) is 18.2 Å². The van der Waals surface area contributed by atoms with E-state index in [1.165, 1.54) is 0 Å². The van der Waals surface area contributed by atoms with Gasteiger partial charge in [-0.3, -0.25) is 5.32 Å². The number of nitrogens with one attached hydrogen (secondary N) is 1. The Labute approximate surface area is 238 Å². The summed E-state index contributed by atoms with van der Waals surface area (Å²) >= 11 is 0. The fourth-order valence-corrected chi connectivity index (χ4v) is 5.21. The quantitative estimate of drug-likeness (QED) is 0.243. The van der Waals surface area contributed by atoms with Crippen LogP contribution in [-0.4, -0.2) is 49.6 Å². The predicted molar refractivity (Wildman–Crippen MR) is 156 cm³/mol. The first-order valence-electron chi connectivity index (χ1n) is 13.5. The highest BCUT2D eigenvalue weighted by Gasteiger charge is 2.24. The smallest absolute Gasteiger partial charge is 0.409 e. The van der Waals surface area contributed by atoms with Gasteiger partial charge in [-0.15, -0.1) is 0 Å². The Morgan fingerprint density at radius 1 is 1.02 bits per heavy atom. The molecule has 2 N–H and O–H groups in total. The maximum Gasteiger partial charge on any atom is 0.409 e. The summed E-state index contributed by atoms with van der Waals surface area (Å²) in [5.74, 6) is 2.76. The lowest BCUT2D eigenvalue weighted by atomic mass is 9.94. The van der Waals surface area contributed by atoms with E-state index in [0.29, 0.717) is 43.6 Å². The molecule has 0 atom stereocenters. The Morgan fingerprint density at radius 2 is 1.83 bits per heavy atom. The van der Waals surface area contributed by atoms with Crippen molar-refractivity contribution in [2.75, 3.05) is 43.6 Å². The van der Waals surface area contributed by atoms with Crippen LogP contribution in [0.3, 0.4) is 0 Å². The van der Waals surface area contributed by atoms with Gasteiger partial charge >= 0.3 is 6.09 Å². The highest BCUT2D eigenvalue weighted by Crippen LogP contribution is 2.44. The fraction of sp³-hybridized carbons (Fsp3) is 0.250. The van der Waals surface area contributed by atoms with Crippen LogP contribution in [0, 0.1) is 6.92 Å². The molecule has 0 saturated carbocycles. The number of methoxy groups -OCH3 is 1. The molecular weight excluding hydrogens is 522 g/mol. The van der Waals surface area contributed by atoms with Gasteiger partial charge in [-0.05, 0) is 60.5 Å². The van der Waals surface area contributed by atoms with Crippen LogP contribution in [0.5, 0.6) is 23.1 Å². The topological polar surface area (TPSA) is 102 Å². The first kappa shape index (κ1) is 26.5. The van der Waals surface area contributed by atoms with Crippen molar-refractivity contribution in [2.45, 2.75) is 20.0 Å². The zero-order valence-corrected chi connectivity index (χ0v) is 23.0. The minimum Gasteiger partial charge on any atom is -0.497 e. The van der Waals surface area contributed by atoms with Crippen LogP contribution < -0.4 is 24.4 Å². The Bertz CT molecular complexity index is 1580. The van der Waals surface area contributed by atoms with Gasteiger partial charge < -0.3 is 29.0 Å². The van der Waals surface area contributed by atoms with Gasteiger partial charge in [-0.25, -0.2) is 9.78 Å². The highest BCUT2D eigenvalue weighted by atomic mass is 16.5. The number of hydrogen-bond donors (Lipinski definition) is 2. The average molecular weight is 554 g/mol. The van der Waals surface area contributed by atoms with E-state index in [4.69, 9.17) is 29.0 Å². The van der Waals surface area contributed by atoms with Gasteiger partial charge in [0.05, 0.1) is 26.0 Å². The molecule has 3 aromatic carbocycles. The van der Waals surface area contributed by atoms with Gasteiger partial charge in [0.25, 0.3) is 0 Å². The van der Waals surface area contributed by atoms with Crippen molar-refractivity contribution in [1.82, 2.24) is 4.98 Å². The molecule has 4 aromatic rings. The second-order valence-corrected chi connectivity index (χ2v) is 10.1. The molecule has 210 valence electrons. The number of carbonyl (C=O) groups is 1. The van der Waals surface area contributed by atoms with E-state index in [9.17, 15) is 4.79 Å². The number of nitrogens with zero attached hydrogens (tertiary/aromatic N) is 2. The van der Waals surface area contributed by atoms with E-state index in [1.807, 2.05) is 36.4 Å². The van der Waals surface area contributed by atoms with Crippen LogP contribution in [-0.2, 0) is 17.8 Å². The predicted octanol–water partition coefficient (Wildman–Crippen LogP) is 6.27. The van der Waals surface area contributed by atoms with Crippen LogP contribution in [0.15, 0.2) is 66.7 Å². The second-order valence-electron chi connectivity index (χ2n) is 10.1. The summed E-state index contributed by atoms with van der Waals surface area (Å²) in [5, 5.41) is 11.5. The van der Waals surface area contributed by atoms with E-state index < -0.39 is 6.09 Å². The standard InChI is InChI=1S/C32H31N3O6/c1-20-13-23-15-22-16-24(33-32(36)37)5-8-29(22)41-31(23)27(14-20)28-17-25(35-9-11-39-12-10-35)18-30(34-28)40-19-21-3-6-26(38-2)7-4-21/h3-8,13-14,16-18,33H,9-12,15,19H2,1-2H3,(H,36,37). The second kappa shape index (κ2) is 11.4. The van der Waals surface area contributed by atoms with Gasteiger partial charge in [0.2, 0.25) is 5.88 Å². The van der Waals surface area contributed by atoms with Gasteiger partial charge in [-0.2, -0.15) is 0 Å². The summed E-state index contributed by atoms with van der Waals surface area (Å²) in [6.45, 7) is 5.31. The molecule has 2 aliphatic heterocycles. The SMILES string of the molecule is COc1ccc(COc2cc(N3CCOCC3)cc(-c3cc(C)cc4c3Oc3ccc(NC(=O)O)cc3C4)n2)cc1. The van der Waals surface area contributed by atoms with Gasteiger partial charge in [0, 0.05) is 53.6 Å². The normalized spacial score (nSPS) is 14.0. The molecule has 41 heavy (non-hydrogen) atoms. The third kappa shape index (κ3) is 5.90. The lowest BCUT2D eigenvalue weighted by Gasteiger charge is -2.29. The molecule has 0 aliphatic carbocycles. The lowest BCUT2D eigenvalue weighted by Crippen LogP contribution is -2.36. The summed E-state index contributed by atoms with van der Waals surface area (Å²) < 4.78 is 23.5. The molecule has 0 radical (unpaired) electrons. The number of pyridine rings is 1. The first-order valence-corrected chi connectivity index (χ1v) is 13.5. The molecule has 1 aromatic heterocycles.